The molecule has 0 radical (unpaired) electrons. The minimum Gasteiger partial charge on any atom is -0.484 e. The zero-order chi connectivity index (χ0) is 16.2. The fourth-order valence-corrected chi connectivity index (χ4v) is 1.80. The van der Waals surface area contributed by atoms with Crippen molar-refractivity contribution in [1.29, 1.82) is 0 Å². The maximum atomic E-state index is 12.6. The molecule has 1 atom stereocenters. The number of furan rings is 1. The van der Waals surface area contributed by atoms with Gasteiger partial charge in [0.15, 0.2) is 6.61 Å². The molecule has 0 spiro atoms. The SMILES string of the molecule is C[C@@H](NC(=O)COc1cccc(C(F)(F)F)c1)c1ccco1. The Morgan fingerprint density at radius 2 is 2.09 bits per heavy atom. The van der Waals surface area contributed by atoms with Crippen molar-refractivity contribution in [3.05, 3.63) is 54.0 Å². The lowest BCUT2D eigenvalue weighted by atomic mass is 10.2. The van der Waals surface area contributed by atoms with E-state index >= 15 is 0 Å². The van der Waals surface area contributed by atoms with Crippen molar-refractivity contribution in [3.63, 3.8) is 0 Å². The molecular formula is C15H14F3NO3. The number of amides is 1. The quantitative estimate of drug-likeness (QED) is 0.918. The number of halogens is 3. The molecule has 1 heterocycles. The monoisotopic (exact) mass is 313 g/mol. The first-order valence-corrected chi connectivity index (χ1v) is 6.49. The third-order valence-corrected chi connectivity index (χ3v) is 2.88. The second kappa shape index (κ2) is 6.55. The van der Waals surface area contributed by atoms with Crippen LogP contribution in [-0.2, 0) is 11.0 Å². The largest absolute Gasteiger partial charge is 0.484 e. The first-order valence-electron chi connectivity index (χ1n) is 6.49. The standard InChI is InChI=1S/C15H14F3NO3/c1-10(13-6-3-7-21-13)19-14(20)9-22-12-5-2-4-11(8-12)15(16,17)18/h2-8,10H,9H2,1H3,(H,19,20)/t10-/m1/s1. The van der Waals surface area contributed by atoms with Crippen molar-refractivity contribution in [2.45, 2.75) is 19.1 Å². The molecule has 2 aromatic rings. The molecule has 1 aromatic carbocycles. The van der Waals surface area contributed by atoms with Gasteiger partial charge in [-0.05, 0) is 37.3 Å². The lowest BCUT2D eigenvalue weighted by Gasteiger charge is -2.13. The van der Waals surface area contributed by atoms with Gasteiger partial charge in [-0.3, -0.25) is 4.79 Å². The molecule has 7 heteroatoms. The normalized spacial score (nSPS) is 12.7. The fraction of sp³-hybridized carbons (Fsp3) is 0.267. The predicted octanol–water partition coefficient (Wildman–Crippen LogP) is 3.55. The summed E-state index contributed by atoms with van der Waals surface area (Å²) in [5, 5.41) is 2.62. The van der Waals surface area contributed by atoms with E-state index in [4.69, 9.17) is 9.15 Å². The molecule has 0 fully saturated rings. The third kappa shape index (κ3) is 4.28. The van der Waals surface area contributed by atoms with Crippen LogP contribution in [0.25, 0.3) is 0 Å². The van der Waals surface area contributed by atoms with Crippen molar-refractivity contribution in [1.82, 2.24) is 5.32 Å². The molecule has 0 saturated carbocycles. The van der Waals surface area contributed by atoms with Gasteiger partial charge in [0.25, 0.3) is 5.91 Å². The molecule has 1 amide bonds. The molecule has 0 saturated heterocycles. The van der Waals surface area contributed by atoms with E-state index in [9.17, 15) is 18.0 Å². The number of alkyl halides is 3. The first-order chi connectivity index (χ1) is 10.4. The smallest absolute Gasteiger partial charge is 0.416 e. The van der Waals surface area contributed by atoms with Gasteiger partial charge < -0.3 is 14.5 Å². The Morgan fingerprint density at radius 1 is 1.32 bits per heavy atom. The van der Waals surface area contributed by atoms with Gasteiger partial charge in [0.05, 0.1) is 17.9 Å². The second-order valence-electron chi connectivity index (χ2n) is 4.62. The van der Waals surface area contributed by atoms with Crippen LogP contribution in [0.5, 0.6) is 5.75 Å². The van der Waals surface area contributed by atoms with Crippen LogP contribution >= 0.6 is 0 Å². The first kappa shape index (κ1) is 15.9. The van der Waals surface area contributed by atoms with Gasteiger partial charge in [-0.25, -0.2) is 0 Å². The van der Waals surface area contributed by atoms with E-state index in [-0.39, 0.29) is 18.4 Å². The Bertz CT molecular complexity index is 623. The zero-order valence-electron chi connectivity index (χ0n) is 11.7. The lowest BCUT2D eigenvalue weighted by Crippen LogP contribution is -2.31. The van der Waals surface area contributed by atoms with Gasteiger partial charge in [0.2, 0.25) is 0 Å². The summed E-state index contributed by atoms with van der Waals surface area (Å²) in [6.07, 6.45) is -2.97. The molecule has 1 N–H and O–H groups in total. The highest BCUT2D eigenvalue weighted by Crippen LogP contribution is 2.31. The predicted molar refractivity (Wildman–Crippen MR) is 72.2 cm³/mol. The molecule has 0 aliphatic carbocycles. The van der Waals surface area contributed by atoms with E-state index in [1.165, 1.54) is 18.4 Å². The molecule has 118 valence electrons. The average molecular weight is 313 g/mol. The van der Waals surface area contributed by atoms with Crippen LogP contribution in [0.2, 0.25) is 0 Å². The van der Waals surface area contributed by atoms with Crippen molar-refractivity contribution in [2.24, 2.45) is 0 Å². The van der Waals surface area contributed by atoms with Crippen LogP contribution in [0.15, 0.2) is 47.1 Å². The highest BCUT2D eigenvalue weighted by molar-refractivity contribution is 5.77. The summed E-state index contributed by atoms with van der Waals surface area (Å²) in [4.78, 5) is 11.7. The molecule has 0 aliphatic heterocycles. The van der Waals surface area contributed by atoms with Gasteiger partial charge in [-0.1, -0.05) is 6.07 Å². The number of rotatable bonds is 5. The maximum Gasteiger partial charge on any atom is 0.416 e. The molecule has 0 unspecified atom stereocenters. The Morgan fingerprint density at radius 3 is 2.73 bits per heavy atom. The Balaban J connectivity index is 1.89. The highest BCUT2D eigenvalue weighted by atomic mass is 19.4. The highest BCUT2D eigenvalue weighted by Gasteiger charge is 2.30. The molecule has 4 nitrogen and oxygen atoms in total. The van der Waals surface area contributed by atoms with E-state index in [2.05, 4.69) is 5.32 Å². The number of nitrogens with one attached hydrogen (secondary N) is 1. The number of hydrogen-bond donors (Lipinski definition) is 1. The van der Waals surface area contributed by atoms with Gasteiger partial charge >= 0.3 is 6.18 Å². The molecule has 22 heavy (non-hydrogen) atoms. The summed E-state index contributed by atoms with van der Waals surface area (Å²) in [5.41, 5.74) is -0.825. The summed E-state index contributed by atoms with van der Waals surface area (Å²) in [5.74, 6) is 0.101. The summed E-state index contributed by atoms with van der Waals surface area (Å²) in [6.45, 7) is 1.34. The minimum atomic E-state index is -4.45. The lowest BCUT2D eigenvalue weighted by molar-refractivity contribution is -0.137. The molecule has 0 bridgehead atoms. The summed E-state index contributed by atoms with van der Waals surface area (Å²) < 4.78 is 47.9. The second-order valence-corrected chi connectivity index (χ2v) is 4.62. The van der Waals surface area contributed by atoms with Gasteiger partial charge in [0.1, 0.15) is 11.5 Å². The Labute approximate surface area is 124 Å². The number of carbonyl (C=O) groups is 1. The van der Waals surface area contributed by atoms with Crippen molar-refractivity contribution in [3.8, 4) is 5.75 Å². The average Bonchev–Trinajstić information content (AvgIpc) is 2.99. The minimum absolute atomic E-state index is 0.0179. The van der Waals surface area contributed by atoms with Gasteiger partial charge in [-0.2, -0.15) is 13.2 Å². The maximum absolute atomic E-state index is 12.6. The zero-order valence-corrected chi connectivity index (χ0v) is 11.7. The van der Waals surface area contributed by atoms with Crippen LogP contribution in [0.4, 0.5) is 13.2 Å². The van der Waals surface area contributed by atoms with E-state index in [0.29, 0.717) is 5.76 Å². The van der Waals surface area contributed by atoms with Gasteiger partial charge in [0, 0.05) is 0 Å². The van der Waals surface area contributed by atoms with Crippen LogP contribution in [-0.4, -0.2) is 12.5 Å². The van der Waals surface area contributed by atoms with E-state index in [1.54, 1.807) is 19.1 Å². The molecule has 2 rings (SSSR count). The number of carbonyl (C=O) groups excluding carboxylic acids is 1. The topological polar surface area (TPSA) is 51.5 Å². The van der Waals surface area contributed by atoms with Crippen LogP contribution in [0, 0.1) is 0 Å². The number of ether oxygens (including phenoxy) is 1. The van der Waals surface area contributed by atoms with Crippen LogP contribution in [0.1, 0.15) is 24.3 Å². The van der Waals surface area contributed by atoms with Gasteiger partial charge in [-0.15, -0.1) is 0 Å². The summed E-state index contributed by atoms with van der Waals surface area (Å²) in [6, 6.07) is 7.41. The Kier molecular flexibility index (Phi) is 4.75. The van der Waals surface area contributed by atoms with Crippen LogP contribution in [0.3, 0.4) is 0 Å². The van der Waals surface area contributed by atoms with Crippen molar-refractivity contribution >= 4 is 5.91 Å². The summed E-state index contributed by atoms with van der Waals surface area (Å²) >= 11 is 0. The molecule has 0 aliphatic rings. The summed E-state index contributed by atoms with van der Waals surface area (Å²) in [7, 11) is 0. The molecule has 1 aromatic heterocycles. The van der Waals surface area contributed by atoms with E-state index in [1.807, 2.05) is 0 Å². The molecular weight excluding hydrogens is 299 g/mol. The van der Waals surface area contributed by atoms with Crippen LogP contribution < -0.4 is 10.1 Å². The number of benzene rings is 1. The van der Waals surface area contributed by atoms with E-state index < -0.39 is 17.6 Å². The Hall–Kier alpha value is -2.44. The van der Waals surface area contributed by atoms with E-state index in [0.717, 1.165) is 12.1 Å². The van der Waals surface area contributed by atoms with Crippen molar-refractivity contribution < 1.29 is 27.1 Å². The van der Waals surface area contributed by atoms with Crippen molar-refractivity contribution in [2.75, 3.05) is 6.61 Å². The number of hydrogen-bond acceptors (Lipinski definition) is 3. The third-order valence-electron chi connectivity index (χ3n) is 2.88. The fourth-order valence-electron chi connectivity index (χ4n) is 1.80.